The van der Waals surface area contributed by atoms with Crippen molar-refractivity contribution in [1.82, 2.24) is 4.90 Å². The highest BCUT2D eigenvalue weighted by molar-refractivity contribution is 6.35. The van der Waals surface area contributed by atoms with Gasteiger partial charge in [-0.2, -0.15) is 0 Å². The van der Waals surface area contributed by atoms with Crippen LogP contribution in [-0.2, 0) is 14.3 Å². The summed E-state index contributed by atoms with van der Waals surface area (Å²) in [6.45, 7) is 3.73. The highest BCUT2D eigenvalue weighted by Crippen LogP contribution is 2.23. The van der Waals surface area contributed by atoms with E-state index >= 15 is 0 Å². The number of carbonyl (C=O) groups excluding carboxylic acids is 2. The number of rotatable bonds is 5. The summed E-state index contributed by atoms with van der Waals surface area (Å²) in [6.07, 6.45) is 1.68. The molecule has 1 aliphatic rings. The molecule has 0 aliphatic carbocycles. The van der Waals surface area contributed by atoms with Crippen molar-refractivity contribution in [3.05, 3.63) is 28.2 Å². The zero-order valence-corrected chi connectivity index (χ0v) is 14.5. The van der Waals surface area contributed by atoms with Crippen molar-refractivity contribution in [2.75, 3.05) is 31.6 Å². The van der Waals surface area contributed by atoms with E-state index in [1.54, 1.807) is 25.1 Å². The van der Waals surface area contributed by atoms with E-state index in [4.69, 9.17) is 27.9 Å². The number of carbonyl (C=O) groups is 2. The number of likely N-dealkylation sites (tertiary alicyclic amines) is 1. The first-order chi connectivity index (χ1) is 11.0. The molecule has 0 unspecified atom stereocenters. The van der Waals surface area contributed by atoms with Crippen LogP contribution in [0, 0.1) is 5.92 Å². The van der Waals surface area contributed by atoms with E-state index in [-0.39, 0.29) is 24.3 Å². The number of nitrogens with one attached hydrogen (secondary N) is 1. The van der Waals surface area contributed by atoms with Crippen molar-refractivity contribution in [3.8, 4) is 0 Å². The average Bonchev–Trinajstić information content (AvgIpc) is 2.46. The van der Waals surface area contributed by atoms with Crippen LogP contribution in [0.2, 0.25) is 10.0 Å². The van der Waals surface area contributed by atoms with Gasteiger partial charge < -0.3 is 10.1 Å². The van der Waals surface area contributed by atoms with Gasteiger partial charge in [0.15, 0.2) is 0 Å². The Bertz CT molecular complexity index is 560. The minimum Gasteiger partial charge on any atom is -0.466 e. The molecule has 7 heteroatoms. The molecular formula is C16H20Cl2N2O3. The van der Waals surface area contributed by atoms with Crippen molar-refractivity contribution in [2.45, 2.75) is 19.8 Å². The third-order valence-electron chi connectivity index (χ3n) is 3.64. The number of piperidine rings is 1. The lowest BCUT2D eigenvalue weighted by Gasteiger charge is -2.30. The molecule has 5 nitrogen and oxygen atoms in total. The van der Waals surface area contributed by atoms with Gasteiger partial charge in [-0.1, -0.05) is 23.2 Å². The molecule has 1 aromatic rings. The molecule has 1 atom stereocenters. The third-order valence-corrected chi connectivity index (χ3v) is 4.08. The maximum absolute atomic E-state index is 12.2. The molecule has 0 bridgehead atoms. The highest BCUT2D eigenvalue weighted by atomic mass is 35.5. The van der Waals surface area contributed by atoms with Crippen molar-refractivity contribution >= 4 is 40.8 Å². The van der Waals surface area contributed by atoms with E-state index in [9.17, 15) is 9.59 Å². The van der Waals surface area contributed by atoms with Gasteiger partial charge in [0, 0.05) is 22.3 Å². The van der Waals surface area contributed by atoms with Gasteiger partial charge in [0.25, 0.3) is 0 Å². The van der Waals surface area contributed by atoms with Crippen LogP contribution in [0.4, 0.5) is 5.69 Å². The van der Waals surface area contributed by atoms with Crippen LogP contribution in [0.3, 0.4) is 0 Å². The predicted molar refractivity (Wildman–Crippen MR) is 90.9 cm³/mol. The maximum Gasteiger partial charge on any atom is 0.310 e. The van der Waals surface area contributed by atoms with E-state index in [1.807, 2.05) is 4.90 Å². The lowest BCUT2D eigenvalue weighted by Crippen LogP contribution is -2.43. The van der Waals surface area contributed by atoms with E-state index < -0.39 is 0 Å². The summed E-state index contributed by atoms with van der Waals surface area (Å²) < 4.78 is 5.06. The van der Waals surface area contributed by atoms with E-state index in [1.165, 1.54) is 0 Å². The quantitative estimate of drug-likeness (QED) is 0.821. The number of hydrogen-bond acceptors (Lipinski definition) is 4. The molecular weight excluding hydrogens is 339 g/mol. The van der Waals surface area contributed by atoms with E-state index in [2.05, 4.69) is 5.32 Å². The maximum atomic E-state index is 12.2. The molecule has 1 amide bonds. The van der Waals surface area contributed by atoms with Crippen LogP contribution in [-0.4, -0.2) is 43.0 Å². The number of hydrogen-bond donors (Lipinski definition) is 1. The number of amides is 1. The number of anilines is 1. The van der Waals surface area contributed by atoms with Crippen LogP contribution in [0.5, 0.6) is 0 Å². The molecule has 1 saturated heterocycles. The Morgan fingerprint density at radius 2 is 2.00 bits per heavy atom. The molecule has 0 saturated carbocycles. The average molecular weight is 359 g/mol. The number of esters is 1. The monoisotopic (exact) mass is 358 g/mol. The zero-order chi connectivity index (χ0) is 16.8. The van der Waals surface area contributed by atoms with Gasteiger partial charge >= 0.3 is 5.97 Å². The number of ether oxygens (including phenoxy) is 1. The molecule has 2 rings (SSSR count). The Morgan fingerprint density at radius 1 is 1.30 bits per heavy atom. The minimum atomic E-state index is -0.181. The summed E-state index contributed by atoms with van der Waals surface area (Å²) in [6, 6.07) is 4.89. The van der Waals surface area contributed by atoms with Crippen LogP contribution >= 0.6 is 23.2 Å². The van der Waals surface area contributed by atoms with Gasteiger partial charge in [-0.05, 0) is 44.5 Å². The van der Waals surface area contributed by atoms with E-state index in [0.717, 1.165) is 19.4 Å². The van der Waals surface area contributed by atoms with Crippen molar-refractivity contribution in [1.29, 1.82) is 0 Å². The molecule has 23 heavy (non-hydrogen) atoms. The highest BCUT2D eigenvalue weighted by Gasteiger charge is 2.27. The van der Waals surface area contributed by atoms with Crippen LogP contribution in [0.1, 0.15) is 19.8 Å². The SMILES string of the molecule is CCOC(=O)[C@H]1CCCN(CC(=O)Nc2cc(Cl)cc(Cl)c2)C1. The molecule has 126 valence electrons. The second-order valence-electron chi connectivity index (χ2n) is 5.53. The Labute approximate surface area is 145 Å². The summed E-state index contributed by atoms with van der Waals surface area (Å²) in [5, 5.41) is 3.71. The first-order valence-corrected chi connectivity index (χ1v) is 8.38. The first kappa shape index (κ1) is 18.0. The van der Waals surface area contributed by atoms with Gasteiger partial charge in [-0.15, -0.1) is 0 Å². The van der Waals surface area contributed by atoms with E-state index in [0.29, 0.717) is 28.9 Å². The van der Waals surface area contributed by atoms with Crippen molar-refractivity contribution in [2.24, 2.45) is 5.92 Å². The van der Waals surface area contributed by atoms with Crippen molar-refractivity contribution in [3.63, 3.8) is 0 Å². The second kappa shape index (κ2) is 8.52. The fraction of sp³-hybridized carbons (Fsp3) is 0.500. The lowest BCUT2D eigenvalue weighted by molar-refractivity contribution is -0.150. The zero-order valence-electron chi connectivity index (χ0n) is 13.0. The lowest BCUT2D eigenvalue weighted by atomic mass is 9.98. The summed E-state index contributed by atoms with van der Waals surface area (Å²) in [7, 11) is 0. The fourth-order valence-electron chi connectivity index (χ4n) is 2.68. The summed E-state index contributed by atoms with van der Waals surface area (Å²) >= 11 is 11.8. The molecule has 0 spiro atoms. The Balaban J connectivity index is 1.88. The van der Waals surface area contributed by atoms with Crippen LogP contribution < -0.4 is 5.32 Å². The molecule has 1 heterocycles. The molecule has 1 fully saturated rings. The largest absolute Gasteiger partial charge is 0.466 e. The smallest absolute Gasteiger partial charge is 0.310 e. The van der Waals surface area contributed by atoms with Gasteiger partial charge in [-0.25, -0.2) is 0 Å². The predicted octanol–water partition coefficient (Wildman–Crippen LogP) is 3.21. The molecule has 0 aromatic heterocycles. The molecule has 1 aromatic carbocycles. The Morgan fingerprint density at radius 3 is 2.65 bits per heavy atom. The third kappa shape index (κ3) is 5.68. The van der Waals surface area contributed by atoms with Gasteiger partial charge in [0.05, 0.1) is 19.1 Å². The normalized spacial score (nSPS) is 18.5. The fourth-order valence-corrected chi connectivity index (χ4v) is 3.21. The summed E-state index contributed by atoms with van der Waals surface area (Å²) in [5.74, 6) is -0.496. The van der Waals surface area contributed by atoms with Crippen LogP contribution in [0.15, 0.2) is 18.2 Å². The number of nitrogens with zero attached hydrogens (tertiary/aromatic N) is 1. The second-order valence-corrected chi connectivity index (χ2v) is 6.41. The summed E-state index contributed by atoms with van der Waals surface area (Å²) in [5.41, 5.74) is 0.562. The molecule has 1 aliphatic heterocycles. The van der Waals surface area contributed by atoms with Crippen molar-refractivity contribution < 1.29 is 14.3 Å². The first-order valence-electron chi connectivity index (χ1n) is 7.63. The summed E-state index contributed by atoms with van der Waals surface area (Å²) in [4.78, 5) is 25.9. The van der Waals surface area contributed by atoms with Crippen LogP contribution in [0.25, 0.3) is 0 Å². The molecule has 0 radical (unpaired) electrons. The van der Waals surface area contributed by atoms with Gasteiger partial charge in [-0.3, -0.25) is 14.5 Å². The Hall–Kier alpha value is -1.30. The standard InChI is InChI=1S/C16H20Cl2N2O3/c1-2-23-16(22)11-4-3-5-20(9-11)10-15(21)19-14-7-12(17)6-13(18)8-14/h6-8,11H,2-5,9-10H2,1H3,(H,19,21)/t11-/m0/s1. The molecule has 1 N–H and O–H groups in total. The topological polar surface area (TPSA) is 58.6 Å². The number of benzene rings is 1. The minimum absolute atomic E-state index is 0.155. The number of halogens is 2. The van der Waals surface area contributed by atoms with Gasteiger partial charge in [0.1, 0.15) is 0 Å². The van der Waals surface area contributed by atoms with Gasteiger partial charge in [0.2, 0.25) is 5.91 Å². The Kier molecular flexibility index (Phi) is 6.69.